The van der Waals surface area contributed by atoms with Crippen molar-refractivity contribution in [3.8, 4) is 0 Å². The van der Waals surface area contributed by atoms with Crippen LogP contribution in [0.25, 0.3) is 0 Å². The Morgan fingerprint density at radius 2 is 1.92 bits per heavy atom. The Morgan fingerprint density at radius 1 is 1.17 bits per heavy atom. The molecule has 0 heterocycles. The van der Waals surface area contributed by atoms with Gasteiger partial charge in [-0.15, -0.1) is 0 Å². The van der Waals surface area contributed by atoms with E-state index in [4.69, 9.17) is 0 Å². The van der Waals surface area contributed by atoms with Crippen LogP contribution in [0.4, 0.5) is 0 Å². The number of hydrogen-bond acceptors (Lipinski definition) is 0. The zero-order valence-corrected chi connectivity index (χ0v) is 9.56. The molecular formula is C11H20Si. The molecule has 68 valence electrons. The molecule has 3 aliphatic rings. The molecule has 0 amide bonds. The smallest absolute Gasteiger partial charge is 0.0476 e. The lowest BCUT2D eigenvalue weighted by Gasteiger charge is -2.47. The monoisotopic (exact) mass is 180 g/mol. The molecule has 0 aliphatic heterocycles. The molecule has 0 aromatic heterocycles. The highest BCUT2D eigenvalue weighted by Crippen LogP contribution is 2.51. The van der Waals surface area contributed by atoms with Crippen molar-refractivity contribution in [2.75, 3.05) is 0 Å². The summed E-state index contributed by atoms with van der Waals surface area (Å²) in [6, 6.07) is 0. The largest absolute Gasteiger partial charge is 0.0693 e. The molecule has 3 fully saturated rings. The van der Waals surface area contributed by atoms with E-state index in [9.17, 15) is 0 Å². The zero-order chi connectivity index (χ0) is 8.77. The summed E-state index contributed by atoms with van der Waals surface area (Å²) in [4.78, 5) is 0. The first kappa shape index (κ1) is 8.80. The van der Waals surface area contributed by atoms with Crippen molar-refractivity contribution >= 4 is 8.07 Å². The summed E-state index contributed by atoms with van der Waals surface area (Å²) in [6.45, 7) is 7.58. The van der Waals surface area contributed by atoms with Crippen LogP contribution in [0.1, 0.15) is 25.7 Å². The van der Waals surface area contributed by atoms with E-state index in [2.05, 4.69) is 26.1 Å². The van der Waals surface area contributed by atoms with Crippen LogP contribution in [-0.2, 0) is 0 Å². The van der Waals surface area contributed by atoms with Crippen LogP contribution in [0.15, 0.2) is 0 Å². The van der Waals surface area contributed by atoms with Gasteiger partial charge in [0.1, 0.15) is 0 Å². The van der Waals surface area contributed by atoms with Gasteiger partial charge in [0, 0.05) is 8.07 Å². The van der Waals surface area contributed by atoms with Crippen molar-refractivity contribution in [3.05, 3.63) is 6.42 Å². The van der Waals surface area contributed by atoms with Crippen LogP contribution in [0.3, 0.4) is 0 Å². The number of rotatable bonds is 1. The maximum absolute atomic E-state index is 3.71. The van der Waals surface area contributed by atoms with E-state index >= 15 is 0 Å². The summed E-state index contributed by atoms with van der Waals surface area (Å²) in [6.07, 6.45) is 9.51. The van der Waals surface area contributed by atoms with Gasteiger partial charge in [-0.2, -0.15) is 0 Å². The van der Waals surface area contributed by atoms with Crippen molar-refractivity contribution in [2.24, 2.45) is 11.8 Å². The van der Waals surface area contributed by atoms with Crippen molar-refractivity contribution in [1.29, 1.82) is 0 Å². The molecule has 0 saturated heterocycles. The Balaban J connectivity index is 2.09. The Bertz CT molecular complexity index is 160. The van der Waals surface area contributed by atoms with E-state index in [1.165, 1.54) is 25.7 Å². The summed E-state index contributed by atoms with van der Waals surface area (Å²) in [7, 11) is -0.873. The van der Waals surface area contributed by atoms with Crippen molar-refractivity contribution in [3.63, 3.8) is 0 Å². The highest BCUT2D eigenvalue weighted by atomic mass is 28.3. The predicted octanol–water partition coefficient (Wildman–Crippen LogP) is 3.60. The second-order valence-corrected chi connectivity index (χ2v) is 11.1. The van der Waals surface area contributed by atoms with Crippen LogP contribution in [0, 0.1) is 18.3 Å². The normalized spacial score (nSPS) is 41.8. The van der Waals surface area contributed by atoms with Crippen LogP contribution in [0.2, 0.25) is 25.2 Å². The standard InChI is InChI=1S/C11H20Si/c1-12(2,3)11-8-9-4-6-10(11)7-5-9/h9-11H,4-6,8H2,1-3H3/t9-,10+,11-/m1/s1. The van der Waals surface area contributed by atoms with Gasteiger partial charge >= 0.3 is 0 Å². The van der Waals surface area contributed by atoms with Gasteiger partial charge in [0.15, 0.2) is 0 Å². The topological polar surface area (TPSA) is 0 Å². The molecule has 0 unspecified atom stereocenters. The number of hydrogen-bond donors (Lipinski definition) is 0. The summed E-state index contributed by atoms with van der Waals surface area (Å²) in [5.41, 5.74) is 1.06. The average Bonchev–Trinajstić information content (AvgIpc) is 2.05. The van der Waals surface area contributed by atoms with E-state index < -0.39 is 8.07 Å². The van der Waals surface area contributed by atoms with Gasteiger partial charge in [-0.25, -0.2) is 0 Å². The third-order valence-corrected chi connectivity index (χ3v) is 6.60. The van der Waals surface area contributed by atoms with Crippen molar-refractivity contribution < 1.29 is 0 Å². The summed E-state index contributed by atoms with van der Waals surface area (Å²) >= 11 is 0. The molecule has 1 heteroatoms. The minimum absolute atomic E-state index is 0.873. The molecule has 12 heavy (non-hydrogen) atoms. The molecule has 3 atom stereocenters. The predicted molar refractivity (Wildman–Crippen MR) is 55.8 cm³/mol. The van der Waals surface area contributed by atoms with Gasteiger partial charge in [-0.1, -0.05) is 26.1 Å². The first-order chi connectivity index (χ1) is 5.57. The minimum atomic E-state index is -0.873. The van der Waals surface area contributed by atoms with E-state index in [-0.39, 0.29) is 0 Å². The van der Waals surface area contributed by atoms with Crippen LogP contribution < -0.4 is 0 Å². The van der Waals surface area contributed by atoms with Crippen LogP contribution in [0.5, 0.6) is 0 Å². The molecule has 0 N–H and O–H groups in total. The molecule has 2 bridgehead atoms. The fourth-order valence-corrected chi connectivity index (χ4v) is 5.49. The van der Waals surface area contributed by atoms with Crippen molar-refractivity contribution in [2.45, 2.75) is 50.9 Å². The zero-order valence-electron chi connectivity index (χ0n) is 8.56. The molecule has 0 nitrogen and oxygen atoms in total. The van der Waals surface area contributed by atoms with Gasteiger partial charge in [0.2, 0.25) is 0 Å². The molecule has 2 radical (unpaired) electrons. The summed E-state index contributed by atoms with van der Waals surface area (Å²) in [5, 5.41) is 0. The van der Waals surface area contributed by atoms with Gasteiger partial charge in [0.05, 0.1) is 0 Å². The Morgan fingerprint density at radius 3 is 2.17 bits per heavy atom. The third kappa shape index (κ3) is 1.48. The SMILES string of the molecule is C[Si](C)(C)[C@@H]1C[C@H]2C[C][C@@H]1CC2. The van der Waals surface area contributed by atoms with E-state index in [1.54, 1.807) is 0 Å². The minimum Gasteiger partial charge on any atom is -0.0693 e. The maximum Gasteiger partial charge on any atom is 0.0476 e. The highest BCUT2D eigenvalue weighted by Gasteiger charge is 2.42. The van der Waals surface area contributed by atoms with Crippen LogP contribution >= 0.6 is 0 Å². The fraction of sp³-hybridized carbons (Fsp3) is 0.909. The van der Waals surface area contributed by atoms with E-state index in [0.717, 1.165) is 17.4 Å². The quantitative estimate of drug-likeness (QED) is 0.541. The molecular weight excluding hydrogens is 160 g/mol. The lowest BCUT2D eigenvalue weighted by Crippen LogP contribution is -2.41. The maximum atomic E-state index is 3.71. The molecule has 3 aliphatic carbocycles. The summed E-state index contributed by atoms with van der Waals surface area (Å²) < 4.78 is 0. The Labute approximate surface area is 77.8 Å². The average molecular weight is 180 g/mol. The molecule has 3 saturated carbocycles. The van der Waals surface area contributed by atoms with Gasteiger partial charge < -0.3 is 0 Å². The van der Waals surface area contributed by atoms with E-state index in [0.29, 0.717) is 0 Å². The number of fused-ring (bicyclic) bond motifs is 3. The van der Waals surface area contributed by atoms with Crippen molar-refractivity contribution in [1.82, 2.24) is 0 Å². The Kier molecular flexibility index (Phi) is 2.10. The molecule has 3 rings (SSSR count). The molecule has 0 aromatic carbocycles. The molecule has 0 spiro atoms. The highest BCUT2D eigenvalue weighted by molar-refractivity contribution is 6.77. The first-order valence-corrected chi connectivity index (χ1v) is 8.88. The second-order valence-electron chi connectivity index (χ2n) is 5.67. The third-order valence-electron chi connectivity index (χ3n) is 3.74. The lowest BCUT2D eigenvalue weighted by atomic mass is 9.70. The van der Waals surface area contributed by atoms with Gasteiger partial charge in [-0.3, -0.25) is 0 Å². The Hall–Kier alpha value is 0.217. The molecule has 0 aromatic rings. The van der Waals surface area contributed by atoms with Gasteiger partial charge in [0.25, 0.3) is 0 Å². The fourth-order valence-electron chi connectivity index (χ4n) is 2.96. The lowest BCUT2D eigenvalue weighted by molar-refractivity contribution is 0.229. The summed E-state index contributed by atoms with van der Waals surface area (Å²) in [5.74, 6) is 1.91. The second kappa shape index (κ2) is 2.86. The van der Waals surface area contributed by atoms with Gasteiger partial charge in [-0.05, 0) is 43.1 Å². The van der Waals surface area contributed by atoms with E-state index in [1.807, 2.05) is 0 Å². The first-order valence-electron chi connectivity index (χ1n) is 5.31. The van der Waals surface area contributed by atoms with Crippen LogP contribution in [-0.4, -0.2) is 8.07 Å².